The molecule has 1 aromatic rings. The third-order valence-corrected chi connectivity index (χ3v) is 11.7. The summed E-state index contributed by atoms with van der Waals surface area (Å²) in [6, 6.07) is 9.87. The Hall–Kier alpha value is -0.913. The summed E-state index contributed by atoms with van der Waals surface area (Å²) in [7, 11) is -3.00. The van der Waals surface area contributed by atoms with Crippen LogP contribution >= 0.6 is 7.60 Å². The van der Waals surface area contributed by atoms with Gasteiger partial charge in [-0.2, -0.15) is 0 Å². The highest BCUT2D eigenvalue weighted by Gasteiger charge is 2.51. The van der Waals surface area contributed by atoms with Crippen LogP contribution in [0.25, 0.3) is 0 Å². The Morgan fingerprint density at radius 1 is 1.15 bits per heavy atom. The second-order valence-corrected chi connectivity index (χ2v) is 15.5. The molecule has 2 rings (SSSR count). The average Bonchev–Trinajstić information content (AvgIpc) is 2.60. The first-order valence-corrected chi connectivity index (χ1v) is 13.7. The van der Waals surface area contributed by atoms with Gasteiger partial charge in [-0.25, -0.2) is 0 Å². The van der Waals surface area contributed by atoms with E-state index < -0.39 is 21.7 Å². The lowest BCUT2D eigenvalue weighted by molar-refractivity contribution is -0.186. The number of ether oxygens (including phenoxy) is 1. The molecule has 0 saturated heterocycles. The first kappa shape index (κ1) is 22.4. The minimum atomic E-state index is -3.53. The van der Waals surface area contributed by atoms with E-state index in [0.717, 1.165) is 5.56 Å². The highest BCUT2D eigenvalue weighted by atomic mass is 31.2. The van der Waals surface area contributed by atoms with Crippen molar-refractivity contribution in [1.29, 1.82) is 0 Å². The Morgan fingerprint density at radius 2 is 1.70 bits per heavy atom. The third kappa shape index (κ3) is 4.57. The Balaban J connectivity index is 2.58. The van der Waals surface area contributed by atoms with Crippen molar-refractivity contribution in [1.82, 2.24) is 0 Å². The smallest absolute Gasteiger partial charge is 0.394 e. The molecule has 5 nitrogen and oxygen atoms in total. The van der Waals surface area contributed by atoms with Crippen LogP contribution in [0.3, 0.4) is 0 Å². The van der Waals surface area contributed by atoms with E-state index in [1.807, 2.05) is 36.4 Å². The molecule has 1 aromatic carbocycles. The highest BCUT2D eigenvalue weighted by molar-refractivity contribution is 7.58. The van der Waals surface area contributed by atoms with Crippen LogP contribution < -0.4 is 0 Å². The molecular weight excluding hydrogens is 379 g/mol. The lowest BCUT2D eigenvalue weighted by Gasteiger charge is -2.48. The summed E-state index contributed by atoms with van der Waals surface area (Å²) >= 11 is 0. The second-order valence-electron chi connectivity index (χ2n) is 8.63. The largest absolute Gasteiger partial charge is 0.451 e. The average molecular weight is 413 g/mol. The molecule has 0 spiro atoms. The molecule has 2 atom stereocenters. The summed E-state index contributed by atoms with van der Waals surface area (Å²) in [5.41, 5.74) is 1.12. The minimum absolute atomic E-state index is 0.00505. The van der Waals surface area contributed by atoms with Crippen molar-refractivity contribution in [3.05, 3.63) is 47.5 Å². The zero-order chi connectivity index (χ0) is 20.5. The molecule has 0 aromatic heterocycles. The molecule has 0 unspecified atom stereocenters. The molecule has 7 heteroatoms. The summed E-state index contributed by atoms with van der Waals surface area (Å²) in [5.74, 6) is -0.946. The zero-order valence-electron chi connectivity index (χ0n) is 17.7. The standard InChI is InChI=1S/C20H33O5PSi/c1-16-14-18(26(21,22-5)23-6)24-20(15-16,17-12-10-9-11-13-17)25-27(7,8)19(2,3)4/h9-14,16H,15H2,1-8H3/t16-,20+/m0/s1. The number of rotatable bonds is 6. The van der Waals surface area contributed by atoms with E-state index in [9.17, 15) is 4.57 Å². The predicted octanol–water partition coefficient (Wildman–Crippen LogP) is 6.24. The van der Waals surface area contributed by atoms with Gasteiger partial charge in [0.2, 0.25) is 11.3 Å². The SMILES string of the molecule is COP(=O)(OC)C1=C[C@H](C)C[C@@](O[Si](C)(C)C(C)(C)C)(c2ccccc2)O1. The molecule has 27 heavy (non-hydrogen) atoms. The van der Waals surface area contributed by atoms with Crippen molar-refractivity contribution in [3.8, 4) is 0 Å². The van der Waals surface area contributed by atoms with E-state index in [2.05, 4.69) is 40.8 Å². The summed E-state index contributed by atoms with van der Waals surface area (Å²) in [6.45, 7) is 13.0. The molecule has 0 aliphatic carbocycles. The van der Waals surface area contributed by atoms with Crippen LogP contribution in [-0.4, -0.2) is 22.5 Å². The number of benzene rings is 1. The van der Waals surface area contributed by atoms with Gasteiger partial charge in [0.1, 0.15) is 0 Å². The first-order valence-electron chi connectivity index (χ1n) is 9.28. The lowest BCUT2D eigenvalue weighted by Crippen LogP contribution is -2.51. The van der Waals surface area contributed by atoms with Gasteiger partial charge in [0.25, 0.3) is 0 Å². The number of allylic oxidation sites excluding steroid dienone is 1. The Bertz CT molecular complexity index is 718. The van der Waals surface area contributed by atoms with Gasteiger partial charge < -0.3 is 18.2 Å². The van der Waals surface area contributed by atoms with Crippen LogP contribution in [0, 0.1) is 5.92 Å². The maximum atomic E-state index is 13.1. The van der Waals surface area contributed by atoms with Crippen LogP contribution in [0.2, 0.25) is 18.1 Å². The summed E-state index contributed by atoms with van der Waals surface area (Å²) in [5, 5.41) is -0.00505. The minimum Gasteiger partial charge on any atom is -0.451 e. The maximum absolute atomic E-state index is 13.1. The maximum Gasteiger partial charge on any atom is 0.394 e. The van der Waals surface area contributed by atoms with E-state index >= 15 is 0 Å². The summed E-state index contributed by atoms with van der Waals surface area (Å²) in [6.07, 6.45) is 2.45. The van der Waals surface area contributed by atoms with E-state index in [1.165, 1.54) is 14.2 Å². The third-order valence-electron chi connectivity index (χ3n) is 5.48. The van der Waals surface area contributed by atoms with E-state index in [0.29, 0.717) is 6.42 Å². The molecule has 0 saturated carbocycles. The van der Waals surface area contributed by atoms with Crippen molar-refractivity contribution >= 4 is 15.9 Å². The second kappa shape index (κ2) is 7.84. The topological polar surface area (TPSA) is 54.0 Å². The van der Waals surface area contributed by atoms with Crippen molar-refractivity contribution in [2.75, 3.05) is 14.2 Å². The number of hydrogen-bond donors (Lipinski definition) is 0. The van der Waals surface area contributed by atoms with Gasteiger partial charge in [-0.3, -0.25) is 4.57 Å². The van der Waals surface area contributed by atoms with Gasteiger partial charge >= 0.3 is 7.60 Å². The molecule has 1 aliphatic heterocycles. The van der Waals surface area contributed by atoms with Gasteiger partial charge in [-0.05, 0) is 30.1 Å². The molecule has 152 valence electrons. The fourth-order valence-electron chi connectivity index (χ4n) is 2.93. The molecule has 0 amide bonds. The lowest BCUT2D eigenvalue weighted by atomic mass is 9.93. The normalized spacial score (nSPS) is 24.3. The molecule has 1 aliphatic rings. The molecular formula is C20H33O5PSi. The van der Waals surface area contributed by atoms with Crippen molar-refractivity contribution in [3.63, 3.8) is 0 Å². The van der Waals surface area contributed by atoms with Gasteiger partial charge in [-0.15, -0.1) is 0 Å². The van der Waals surface area contributed by atoms with Crippen LogP contribution in [0.5, 0.6) is 0 Å². The molecule has 0 N–H and O–H groups in total. The zero-order valence-corrected chi connectivity index (χ0v) is 19.6. The molecule has 1 heterocycles. The predicted molar refractivity (Wildman–Crippen MR) is 111 cm³/mol. The van der Waals surface area contributed by atoms with Crippen LogP contribution in [-0.2, 0) is 28.6 Å². The van der Waals surface area contributed by atoms with Crippen LogP contribution in [0.4, 0.5) is 0 Å². The molecule has 0 fully saturated rings. The molecule has 0 radical (unpaired) electrons. The summed E-state index contributed by atoms with van der Waals surface area (Å²) < 4.78 is 36.7. The fourth-order valence-corrected chi connectivity index (χ4v) is 5.51. The quantitative estimate of drug-likeness (QED) is 0.409. The van der Waals surface area contributed by atoms with E-state index in [4.69, 9.17) is 18.2 Å². The van der Waals surface area contributed by atoms with E-state index in [-0.39, 0.29) is 16.5 Å². The van der Waals surface area contributed by atoms with E-state index in [1.54, 1.807) is 0 Å². The molecule has 0 bridgehead atoms. The first-order chi connectivity index (χ1) is 12.4. The van der Waals surface area contributed by atoms with Gasteiger partial charge in [0, 0.05) is 26.2 Å². The van der Waals surface area contributed by atoms with Gasteiger partial charge in [0.05, 0.1) is 0 Å². The highest BCUT2D eigenvalue weighted by Crippen LogP contribution is 2.60. The van der Waals surface area contributed by atoms with Crippen LogP contribution in [0.15, 0.2) is 41.9 Å². The summed E-state index contributed by atoms with van der Waals surface area (Å²) in [4.78, 5) is 0. The van der Waals surface area contributed by atoms with Crippen LogP contribution in [0.1, 0.15) is 39.7 Å². The van der Waals surface area contributed by atoms with Gasteiger partial charge in [0.15, 0.2) is 8.32 Å². The Labute approximate surface area is 164 Å². The Kier molecular flexibility index (Phi) is 6.50. The van der Waals surface area contributed by atoms with Gasteiger partial charge in [-0.1, -0.05) is 58.0 Å². The van der Waals surface area contributed by atoms with Crippen molar-refractivity contribution in [2.24, 2.45) is 5.92 Å². The number of hydrogen-bond acceptors (Lipinski definition) is 5. The fraction of sp³-hybridized carbons (Fsp3) is 0.600. The van der Waals surface area contributed by atoms with Crippen molar-refractivity contribution < 1.29 is 22.8 Å². The van der Waals surface area contributed by atoms with Crippen molar-refractivity contribution in [2.45, 2.75) is 58.0 Å². The Morgan fingerprint density at radius 3 is 2.19 bits per heavy atom. The monoisotopic (exact) mass is 412 g/mol.